The van der Waals surface area contributed by atoms with Gasteiger partial charge in [0.05, 0.1) is 18.6 Å². The van der Waals surface area contributed by atoms with Gasteiger partial charge in [0.1, 0.15) is 17.8 Å². The molecule has 5 rings (SSSR count). The number of hydrogen-bond acceptors (Lipinski definition) is 5. The smallest absolute Gasteiger partial charge is 0.320 e. The summed E-state index contributed by atoms with van der Waals surface area (Å²) in [6.07, 6.45) is 12.1. The van der Waals surface area contributed by atoms with Crippen molar-refractivity contribution in [3.05, 3.63) is 42.0 Å². The summed E-state index contributed by atoms with van der Waals surface area (Å²) < 4.78 is 5.42. The molecule has 0 aliphatic carbocycles. The van der Waals surface area contributed by atoms with Crippen LogP contribution in [-0.4, -0.2) is 76.7 Å². The van der Waals surface area contributed by atoms with Crippen LogP contribution < -0.4 is 4.90 Å². The number of rotatable bonds is 4. The fourth-order valence-electron chi connectivity index (χ4n) is 5.71. The van der Waals surface area contributed by atoms with Crippen molar-refractivity contribution in [2.24, 2.45) is 5.41 Å². The molecule has 0 radical (unpaired) electrons. The highest BCUT2D eigenvalue weighted by Crippen LogP contribution is 2.50. The number of aromatic nitrogens is 3. The molecule has 2 saturated heterocycles. The van der Waals surface area contributed by atoms with E-state index in [-0.39, 0.29) is 11.4 Å². The Morgan fingerprint density at radius 3 is 2.67 bits per heavy atom. The number of carbonyl (C=O) groups is 1. The number of fused-ring (bicyclic) bond motifs is 1. The van der Waals surface area contributed by atoms with Crippen molar-refractivity contribution in [1.29, 1.82) is 0 Å². The maximum atomic E-state index is 13.1. The van der Waals surface area contributed by atoms with Crippen LogP contribution in [0, 0.1) is 5.41 Å². The Hall–Kier alpha value is -2.87. The Kier molecular flexibility index (Phi) is 6.10. The summed E-state index contributed by atoms with van der Waals surface area (Å²) in [5, 5.41) is 1.05. The van der Waals surface area contributed by atoms with Crippen molar-refractivity contribution in [2.75, 3.05) is 50.8 Å². The molecule has 2 amide bonds. The summed E-state index contributed by atoms with van der Waals surface area (Å²) in [5.74, 6) is 0.964. The molecule has 2 fully saturated rings. The minimum absolute atomic E-state index is 0.0697. The summed E-state index contributed by atoms with van der Waals surface area (Å²) >= 11 is 0. The van der Waals surface area contributed by atoms with Gasteiger partial charge < -0.3 is 24.4 Å². The van der Waals surface area contributed by atoms with Gasteiger partial charge in [-0.3, -0.25) is 0 Å². The van der Waals surface area contributed by atoms with Crippen molar-refractivity contribution < 1.29 is 9.53 Å². The number of anilines is 1. The molecule has 8 heteroatoms. The van der Waals surface area contributed by atoms with E-state index >= 15 is 0 Å². The number of urea groups is 1. The highest BCUT2D eigenvalue weighted by Gasteiger charge is 2.47. The van der Waals surface area contributed by atoms with Gasteiger partial charge in [0.25, 0.3) is 0 Å². The first-order chi connectivity index (χ1) is 16.2. The standard InChI is InChI=1S/C25H34N6O2/c1-3-5-20-21(6-4-2)31(23-19-7-10-26-22(19)27-18-28-23)17-25(20)8-11-29(12-9-25)24(32)30-13-15-33-16-14-30/h4,6-7,10,18H,3,5,8-9,11-17H2,1-2H3,(H,26,27,28)/b6-4-. The van der Waals surface area contributed by atoms with Gasteiger partial charge in [-0.1, -0.05) is 19.4 Å². The van der Waals surface area contributed by atoms with Gasteiger partial charge in [0, 0.05) is 50.0 Å². The average molecular weight is 451 g/mol. The molecule has 1 N–H and O–H groups in total. The second kappa shape index (κ2) is 9.17. The maximum absolute atomic E-state index is 13.1. The summed E-state index contributed by atoms with van der Waals surface area (Å²) in [6, 6.07) is 2.23. The lowest BCUT2D eigenvalue weighted by atomic mass is 9.72. The zero-order valence-corrected chi connectivity index (χ0v) is 19.7. The predicted molar refractivity (Wildman–Crippen MR) is 129 cm³/mol. The molecular weight excluding hydrogens is 416 g/mol. The van der Waals surface area contributed by atoms with Gasteiger partial charge in [-0.2, -0.15) is 0 Å². The number of ether oxygens (including phenoxy) is 1. The van der Waals surface area contributed by atoms with Gasteiger partial charge in [-0.25, -0.2) is 14.8 Å². The molecule has 33 heavy (non-hydrogen) atoms. The third-order valence-corrected chi connectivity index (χ3v) is 7.39. The summed E-state index contributed by atoms with van der Waals surface area (Å²) in [6.45, 7) is 9.49. The molecule has 0 unspecified atom stereocenters. The average Bonchev–Trinajstić information content (AvgIpc) is 3.44. The molecule has 5 heterocycles. The second-order valence-corrected chi connectivity index (χ2v) is 9.29. The van der Waals surface area contributed by atoms with E-state index in [4.69, 9.17) is 9.72 Å². The Balaban J connectivity index is 1.44. The minimum atomic E-state index is 0.0697. The van der Waals surface area contributed by atoms with E-state index in [1.165, 1.54) is 11.3 Å². The van der Waals surface area contributed by atoms with Crippen LogP contribution in [0.1, 0.15) is 39.5 Å². The fraction of sp³-hybridized carbons (Fsp3) is 0.560. The number of nitrogens with one attached hydrogen (secondary N) is 1. The number of amides is 2. The number of carbonyl (C=O) groups excluding carboxylic acids is 1. The van der Waals surface area contributed by atoms with Crippen LogP contribution >= 0.6 is 0 Å². The first-order valence-corrected chi connectivity index (χ1v) is 12.2. The van der Waals surface area contributed by atoms with E-state index in [1.54, 1.807) is 6.33 Å². The molecule has 0 saturated carbocycles. The number of aromatic amines is 1. The Bertz CT molecular complexity index is 1060. The van der Waals surface area contributed by atoms with Crippen LogP contribution in [0.3, 0.4) is 0 Å². The molecule has 2 aromatic rings. The van der Waals surface area contributed by atoms with Crippen molar-refractivity contribution >= 4 is 22.9 Å². The molecule has 8 nitrogen and oxygen atoms in total. The van der Waals surface area contributed by atoms with Crippen LogP contribution in [0.2, 0.25) is 0 Å². The Labute approximate surface area is 195 Å². The summed E-state index contributed by atoms with van der Waals surface area (Å²) in [7, 11) is 0. The van der Waals surface area contributed by atoms with Crippen molar-refractivity contribution in [1.82, 2.24) is 24.8 Å². The quantitative estimate of drug-likeness (QED) is 0.763. The molecule has 0 aromatic carbocycles. The SMILES string of the molecule is C/C=C\C1=C(CCC)C2(CCN(C(=O)N3CCOCC3)CC2)CN1c1ncnc2[nH]ccc12. The number of H-pyrrole nitrogens is 1. The van der Waals surface area contributed by atoms with E-state index in [0.29, 0.717) is 26.3 Å². The molecule has 1 spiro atoms. The molecule has 3 aliphatic rings. The number of nitrogens with zero attached hydrogens (tertiary/aromatic N) is 5. The maximum Gasteiger partial charge on any atom is 0.320 e. The van der Waals surface area contributed by atoms with E-state index in [0.717, 1.165) is 62.2 Å². The highest BCUT2D eigenvalue weighted by atomic mass is 16.5. The molecule has 2 aromatic heterocycles. The Morgan fingerprint density at radius 1 is 1.18 bits per heavy atom. The van der Waals surface area contributed by atoms with Crippen LogP contribution in [0.25, 0.3) is 11.0 Å². The summed E-state index contributed by atoms with van der Waals surface area (Å²) in [4.78, 5) is 31.8. The normalized spacial score (nSPS) is 21.2. The lowest BCUT2D eigenvalue weighted by Crippen LogP contribution is -2.52. The van der Waals surface area contributed by atoms with Crippen LogP contribution in [0.4, 0.5) is 10.6 Å². The van der Waals surface area contributed by atoms with E-state index < -0.39 is 0 Å². The first kappa shape index (κ1) is 21.9. The highest BCUT2D eigenvalue weighted by molar-refractivity contribution is 5.89. The van der Waals surface area contributed by atoms with E-state index in [2.05, 4.69) is 46.9 Å². The van der Waals surface area contributed by atoms with Crippen molar-refractivity contribution in [3.8, 4) is 0 Å². The van der Waals surface area contributed by atoms with Crippen molar-refractivity contribution in [2.45, 2.75) is 39.5 Å². The van der Waals surface area contributed by atoms with E-state index in [9.17, 15) is 4.79 Å². The molecule has 176 valence electrons. The first-order valence-electron chi connectivity index (χ1n) is 12.2. The molecular formula is C25H34N6O2. The lowest BCUT2D eigenvalue weighted by molar-refractivity contribution is 0.0377. The van der Waals surface area contributed by atoms with Crippen LogP contribution in [-0.2, 0) is 4.74 Å². The zero-order chi connectivity index (χ0) is 22.8. The van der Waals surface area contributed by atoms with Gasteiger partial charge in [-0.15, -0.1) is 0 Å². The molecule has 0 atom stereocenters. The van der Waals surface area contributed by atoms with Gasteiger partial charge in [0.15, 0.2) is 0 Å². The topological polar surface area (TPSA) is 77.6 Å². The third-order valence-electron chi connectivity index (χ3n) is 7.39. The van der Waals surface area contributed by atoms with Crippen LogP contribution in [0.5, 0.6) is 0 Å². The van der Waals surface area contributed by atoms with E-state index in [1.807, 2.05) is 16.0 Å². The largest absolute Gasteiger partial charge is 0.378 e. The third kappa shape index (κ3) is 3.90. The molecule has 0 bridgehead atoms. The number of likely N-dealkylation sites (tertiary alicyclic amines) is 1. The van der Waals surface area contributed by atoms with Gasteiger partial charge >= 0.3 is 6.03 Å². The predicted octanol–water partition coefficient (Wildman–Crippen LogP) is 3.94. The monoisotopic (exact) mass is 450 g/mol. The molecule has 3 aliphatic heterocycles. The van der Waals surface area contributed by atoms with Gasteiger partial charge in [-0.05, 0) is 43.9 Å². The number of piperidine rings is 1. The summed E-state index contributed by atoms with van der Waals surface area (Å²) in [5.41, 5.74) is 3.72. The Morgan fingerprint density at radius 2 is 1.94 bits per heavy atom. The zero-order valence-electron chi connectivity index (χ0n) is 19.7. The number of hydrogen-bond donors (Lipinski definition) is 1. The second-order valence-electron chi connectivity index (χ2n) is 9.29. The number of allylic oxidation sites excluding steroid dienone is 2. The minimum Gasteiger partial charge on any atom is -0.378 e. The van der Waals surface area contributed by atoms with Crippen molar-refractivity contribution in [3.63, 3.8) is 0 Å². The van der Waals surface area contributed by atoms with Gasteiger partial charge in [0.2, 0.25) is 0 Å². The fourth-order valence-corrected chi connectivity index (χ4v) is 5.71. The lowest BCUT2D eigenvalue weighted by Gasteiger charge is -2.43. The van der Waals surface area contributed by atoms with Crippen LogP contribution in [0.15, 0.2) is 42.0 Å². The number of morpholine rings is 1.